The maximum atomic E-state index is 15.1. The Morgan fingerprint density at radius 1 is 0.833 bits per heavy atom. The number of rotatable bonds is 6. The summed E-state index contributed by atoms with van der Waals surface area (Å²) in [6.45, 7) is 4.80. The van der Waals surface area contributed by atoms with Crippen molar-refractivity contribution in [1.82, 2.24) is 0 Å². The van der Waals surface area contributed by atoms with Gasteiger partial charge in [0.1, 0.15) is 0 Å². The summed E-state index contributed by atoms with van der Waals surface area (Å²) < 4.78 is 64.9. The molecule has 1 nitrogen and oxygen atoms in total. The molecule has 0 saturated heterocycles. The first kappa shape index (κ1) is 20.9. The van der Waals surface area contributed by atoms with Crippen LogP contribution in [0.5, 0.6) is 0 Å². The van der Waals surface area contributed by atoms with E-state index in [-0.39, 0.29) is 22.3 Å². The number of allylic oxidation sites excluding steroid dienone is 1. The zero-order valence-electron chi connectivity index (χ0n) is 16.8. The Kier molecular flexibility index (Phi) is 6.09. The molecule has 0 bridgehead atoms. The van der Waals surface area contributed by atoms with Crippen LogP contribution < -0.4 is 0 Å². The molecule has 0 fully saturated rings. The summed E-state index contributed by atoms with van der Waals surface area (Å²) in [5, 5.41) is 0. The van der Waals surface area contributed by atoms with Gasteiger partial charge in [0.25, 0.3) is 0 Å². The molecule has 2 aromatic carbocycles. The fourth-order valence-electron chi connectivity index (χ4n) is 4.38. The van der Waals surface area contributed by atoms with Gasteiger partial charge in [-0.3, -0.25) is 0 Å². The molecule has 0 atom stereocenters. The fourth-order valence-corrected chi connectivity index (χ4v) is 4.38. The second-order valence-corrected chi connectivity index (χ2v) is 7.93. The van der Waals surface area contributed by atoms with Crippen LogP contribution in [0.1, 0.15) is 41.5 Å². The van der Waals surface area contributed by atoms with Gasteiger partial charge in [-0.15, -0.1) is 6.58 Å². The lowest BCUT2D eigenvalue weighted by molar-refractivity contribution is 0.148. The first-order valence-corrected chi connectivity index (χ1v) is 10.4. The van der Waals surface area contributed by atoms with Gasteiger partial charge >= 0.3 is 0 Å². The van der Waals surface area contributed by atoms with Gasteiger partial charge in [-0.05, 0) is 72.8 Å². The van der Waals surface area contributed by atoms with Crippen molar-refractivity contribution in [2.75, 3.05) is 13.2 Å². The molecule has 4 rings (SSSR count). The molecule has 1 heterocycles. The maximum absolute atomic E-state index is 15.1. The van der Waals surface area contributed by atoms with Crippen LogP contribution in [0, 0.1) is 23.3 Å². The van der Waals surface area contributed by atoms with Gasteiger partial charge in [0.2, 0.25) is 0 Å². The van der Waals surface area contributed by atoms with Gasteiger partial charge in [0, 0.05) is 11.1 Å². The Hall–Kier alpha value is -2.40. The monoisotopic (exact) mass is 416 g/mol. The lowest BCUT2D eigenvalue weighted by Crippen LogP contribution is -2.14. The molecule has 0 aromatic heterocycles. The molecule has 5 heteroatoms. The number of fused-ring (bicyclic) bond motifs is 3. The quantitative estimate of drug-likeness (QED) is 0.391. The van der Waals surface area contributed by atoms with Crippen LogP contribution in [0.4, 0.5) is 17.6 Å². The minimum absolute atomic E-state index is 0.135. The van der Waals surface area contributed by atoms with Gasteiger partial charge < -0.3 is 4.74 Å². The molecule has 0 amide bonds. The van der Waals surface area contributed by atoms with Gasteiger partial charge in [0.15, 0.2) is 23.3 Å². The number of aryl methyl sites for hydroxylation is 4. The lowest BCUT2D eigenvalue weighted by atomic mass is 9.82. The third-order valence-electron chi connectivity index (χ3n) is 5.96. The van der Waals surface area contributed by atoms with Crippen molar-refractivity contribution in [2.24, 2.45) is 0 Å². The number of benzene rings is 2. The van der Waals surface area contributed by atoms with Crippen molar-refractivity contribution < 1.29 is 22.3 Å². The lowest BCUT2D eigenvalue weighted by Gasteiger charge is -2.24. The van der Waals surface area contributed by atoms with Gasteiger partial charge in [0.05, 0.1) is 13.2 Å². The predicted molar refractivity (Wildman–Crippen MR) is 109 cm³/mol. The SMILES string of the molecule is C=CCCc1cc2c(c(F)c1F)-c1c(cc(CCC3=CCCOC3)c(F)c1F)CC2. The molecule has 2 aromatic rings. The molecular weight excluding hydrogens is 392 g/mol. The van der Waals surface area contributed by atoms with E-state index < -0.39 is 23.3 Å². The molecule has 0 N–H and O–H groups in total. The summed E-state index contributed by atoms with van der Waals surface area (Å²) in [7, 11) is 0. The van der Waals surface area contributed by atoms with Crippen molar-refractivity contribution in [3.63, 3.8) is 0 Å². The molecular formula is C25H24F4O. The smallest absolute Gasteiger partial charge is 0.167 e. The van der Waals surface area contributed by atoms with Crippen molar-refractivity contribution in [1.29, 1.82) is 0 Å². The molecule has 0 radical (unpaired) electrons. The maximum Gasteiger partial charge on any atom is 0.167 e. The zero-order chi connectivity index (χ0) is 21.3. The molecule has 1 aliphatic carbocycles. The second kappa shape index (κ2) is 8.76. The van der Waals surface area contributed by atoms with E-state index in [9.17, 15) is 13.2 Å². The van der Waals surface area contributed by atoms with E-state index in [2.05, 4.69) is 12.7 Å². The van der Waals surface area contributed by atoms with Crippen molar-refractivity contribution in [2.45, 2.75) is 44.9 Å². The van der Waals surface area contributed by atoms with E-state index >= 15 is 4.39 Å². The molecule has 2 aliphatic rings. The van der Waals surface area contributed by atoms with Crippen LogP contribution in [0.3, 0.4) is 0 Å². The fraction of sp³-hybridized carbons (Fsp3) is 0.360. The Labute approximate surface area is 174 Å². The largest absolute Gasteiger partial charge is 0.377 e. The minimum Gasteiger partial charge on any atom is -0.377 e. The summed E-state index contributed by atoms with van der Waals surface area (Å²) in [4.78, 5) is 0. The Morgan fingerprint density at radius 2 is 1.43 bits per heavy atom. The van der Waals surface area contributed by atoms with E-state index in [1.54, 1.807) is 18.2 Å². The highest BCUT2D eigenvalue weighted by molar-refractivity contribution is 5.75. The number of hydrogen-bond donors (Lipinski definition) is 0. The number of ether oxygens (including phenoxy) is 1. The highest BCUT2D eigenvalue weighted by Gasteiger charge is 2.29. The minimum atomic E-state index is -1.09. The third kappa shape index (κ3) is 3.83. The van der Waals surface area contributed by atoms with Crippen molar-refractivity contribution in [3.05, 3.63) is 82.0 Å². The Bertz CT molecular complexity index is 1020. The van der Waals surface area contributed by atoms with Gasteiger partial charge in [-0.25, -0.2) is 17.6 Å². The first-order valence-electron chi connectivity index (χ1n) is 10.4. The van der Waals surface area contributed by atoms with Crippen LogP contribution in [0.2, 0.25) is 0 Å². The third-order valence-corrected chi connectivity index (χ3v) is 5.96. The van der Waals surface area contributed by atoms with Crippen LogP contribution in [0.15, 0.2) is 36.4 Å². The normalized spacial score (nSPS) is 15.4. The summed E-state index contributed by atoms with van der Waals surface area (Å²) in [6, 6.07) is 3.20. The van der Waals surface area contributed by atoms with Gasteiger partial charge in [-0.1, -0.05) is 24.3 Å². The van der Waals surface area contributed by atoms with E-state index in [0.717, 1.165) is 12.0 Å². The number of hydrogen-bond acceptors (Lipinski definition) is 1. The van der Waals surface area contributed by atoms with Crippen LogP contribution >= 0.6 is 0 Å². The van der Waals surface area contributed by atoms with Crippen molar-refractivity contribution >= 4 is 0 Å². The van der Waals surface area contributed by atoms with Crippen molar-refractivity contribution in [3.8, 4) is 11.1 Å². The zero-order valence-corrected chi connectivity index (χ0v) is 16.8. The molecule has 30 heavy (non-hydrogen) atoms. The molecule has 0 saturated carbocycles. The highest BCUT2D eigenvalue weighted by atomic mass is 19.2. The Morgan fingerprint density at radius 3 is 1.97 bits per heavy atom. The second-order valence-electron chi connectivity index (χ2n) is 7.93. The first-order chi connectivity index (χ1) is 14.5. The van der Waals surface area contributed by atoms with E-state index in [1.807, 2.05) is 0 Å². The molecule has 0 spiro atoms. The van der Waals surface area contributed by atoms with Crippen LogP contribution in [0.25, 0.3) is 11.1 Å². The summed E-state index contributed by atoms with van der Waals surface area (Å²) in [6.07, 6.45) is 7.23. The molecule has 1 aliphatic heterocycles. The van der Waals surface area contributed by atoms with Crippen LogP contribution in [-0.2, 0) is 30.4 Å². The summed E-state index contributed by atoms with van der Waals surface area (Å²) >= 11 is 0. The number of halogens is 4. The van der Waals surface area contributed by atoms with E-state index in [4.69, 9.17) is 4.74 Å². The van der Waals surface area contributed by atoms with E-state index in [0.29, 0.717) is 62.9 Å². The van der Waals surface area contributed by atoms with Gasteiger partial charge in [-0.2, -0.15) is 0 Å². The average Bonchev–Trinajstić information content (AvgIpc) is 2.77. The highest BCUT2D eigenvalue weighted by Crippen LogP contribution is 2.41. The molecule has 158 valence electrons. The average molecular weight is 416 g/mol. The summed E-state index contributed by atoms with van der Waals surface area (Å²) in [5.74, 6) is -4.15. The topological polar surface area (TPSA) is 9.23 Å². The predicted octanol–water partition coefficient (Wildman–Crippen LogP) is 6.41. The Balaban J connectivity index is 1.71. The summed E-state index contributed by atoms with van der Waals surface area (Å²) in [5.41, 5.74) is 2.37. The van der Waals surface area contributed by atoms with Crippen LogP contribution in [-0.4, -0.2) is 13.2 Å². The van der Waals surface area contributed by atoms with E-state index in [1.165, 1.54) is 0 Å². The standard InChI is InChI=1S/C25H24F4O/c1-2-3-6-18-12-16-9-10-17-13-19(8-7-15-5-4-11-30-14-15)23(27)25(29)21(17)20(16)24(28)22(18)26/h2,5,12-13H,1,3-4,6-11,14H2. The molecule has 0 unspecified atom stereocenters.